The van der Waals surface area contributed by atoms with Crippen molar-refractivity contribution in [2.75, 3.05) is 7.05 Å². The molecule has 0 saturated heterocycles. The molecule has 3 aromatic rings. The third kappa shape index (κ3) is 2.52. The lowest BCUT2D eigenvalue weighted by atomic mass is 10.1. The summed E-state index contributed by atoms with van der Waals surface area (Å²) >= 11 is 0. The number of fused-ring (bicyclic) bond motifs is 2. The molecular formula is C18H21N5O2. The standard InChI is InChI=1S/C18H21N5O2/c1-5-11(3)23-14(19)12(17(24)20-4)9-13-16(23)21-15-10(2)7-6-8-22(15)18(13)25/h6-9,11,19H,5H2,1-4H3,(H,20,24). The van der Waals surface area contributed by atoms with E-state index in [1.165, 1.54) is 17.5 Å². The first-order valence-electron chi connectivity index (χ1n) is 8.24. The highest BCUT2D eigenvalue weighted by atomic mass is 16.1. The second-order valence-corrected chi connectivity index (χ2v) is 6.15. The molecule has 0 aromatic carbocycles. The van der Waals surface area contributed by atoms with Crippen LogP contribution >= 0.6 is 0 Å². The minimum atomic E-state index is -0.391. The fourth-order valence-electron chi connectivity index (χ4n) is 2.98. The summed E-state index contributed by atoms with van der Waals surface area (Å²) in [6, 6.07) is 5.08. The van der Waals surface area contributed by atoms with Gasteiger partial charge < -0.3 is 9.88 Å². The maximum atomic E-state index is 13.0. The van der Waals surface area contributed by atoms with Gasteiger partial charge in [-0.05, 0) is 38.0 Å². The van der Waals surface area contributed by atoms with Crippen molar-refractivity contribution in [1.82, 2.24) is 19.3 Å². The van der Waals surface area contributed by atoms with Crippen LogP contribution in [0.2, 0.25) is 0 Å². The number of carbonyl (C=O) groups excluding carboxylic acids is 1. The van der Waals surface area contributed by atoms with Gasteiger partial charge in [0.2, 0.25) is 0 Å². The number of pyridine rings is 2. The Balaban J connectivity index is 2.60. The van der Waals surface area contributed by atoms with E-state index in [1.54, 1.807) is 16.8 Å². The van der Waals surface area contributed by atoms with E-state index in [0.29, 0.717) is 16.7 Å². The van der Waals surface area contributed by atoms with E-state index in [9.17, 15) is 9.59 Å². The number of aromatic nitrogens is 3. The largest absolute Gasteiger partial charge is 0.355 e. The fourth-order valence-corrected chi connectivity index (χ4v) is 2.98. The molecule has 3 rings (SSSR count). The normalized spacial score (nSPS) is 12.5. The molecule has 25 heavy (non-hydrogen) atoms. The molecule has 7 nitrogen and oxygen atoms in total. The number of nitrogens with zero attached hydrogens (tertiary/aromatic N) is 3. The van der Waals surface area contributed by atoms with Gasteiger partial charge >= 0.3 is 0 Å². The highest BCUT2D eigenvalue weighted by Crippen LogP contribution is 2.17. The van der Waals surface area contributed by atoms with Crippen LogP contribution in [0.4, 0.5) is 0 Å². The molecule has 0 bridgehead atoms. The van der Waals surface area contributed by atoms with Crippen LogP contribution in [-0.4, -0.2) is 26.9 Å². The van der Waals surface area contributed by atoms with Crippen LogP contribution in [0.15, 0.2) is 29.2 Å². The number of hydrogen-bond donors (Lipinski definition) is 2. The number of nitrogens with one attached hydrogen (secondary N) is 2. The van der Waals surface area contributed by atoms with Crippen LogP contribution < -0.4 is 16.4 Å². The molecule has 0 spiro atoms. The van der Waals surface area contributed by atoms with Gasteiger partial charge in [-0.2, -0.15) is 0 Å². The van der Waals surface area contributed by atoms with Gasteiger partial charge in [0.05, 0.1) is 10.9 Å². The average Bonchev–Trinajstić information content (AvgIpc) is 2.61. The van der Waals surface area contributed by atoms with Gasteiger partial charge in [-0.1, -0.05) is 13.0 Å². The summed E-state index contributed by atoms with van der Waals surface area (Å²) in [5, 5.41) is 11.3. The van der Waals surface area contributed by atoms with E-state index in [2.05, 4.69) is 10.3 Å². The van der Waals surface area contributed by atoms with Crippen molar-refractivity contribution in [1.29, 1.82) is 5.41 Å². The minimum Gasteiger partial charge on any atom is -0.355 e. The van der Waals surface area contributed by atoms with Gasteiger partial charge in [0.15, 0.2) is 0 Å². The van der Waals surface area contributed by atoms with Crippen molar-refractivity contribution in [3.05, 3.63) is 51.4 Å². The highest BCUT2D eigenvalue weighted by Gasteiger charge is 2.19. The SMILES string of the molecule is CCC(C)n1c(=N)c(C(=O)NC)cc2c(=O)n3cccc(C)c3nc21. The molecule has 0 saturated carbocycles. The van der Waals surface area contributed by atoms with Crippen molar-refractivity contribution in [3.63, 3.8) is 0 Å². The smallest absolute Gasteiger partial charge is 0.267 e. The van der Waals surface area contributed by atoms with Gasteiger partial charge in [0, 0.05) is 19.3 Å². The number of hydrogen-bond acceptors (Lipinski definition) is 4. The van der Waals surface area contributed by atoms with Crippen molar-refractivity contribution in [2.24, 2.45) is 0 Å². The van der Waals surface area contributed by atoms with Crippen LogP contribution in [-0.2, 0) is 0 Å². The maximum Gasteiger partial charge on any atom is 0.267 e. The number of aryl methyl sites for hydroxylation is 1. The van der Waals surface area contributed by atoms with E-state index in [0.717, 1.165) is 12.0 Å². The molecule has 2 N–H and O–H groups in total. The topological polar surface area (TPSA) is 92.2 Å². The van der Waals surface area contributed by atoms with E-state index >= 15 is 0 Å². The van der Waals surface area contributed by atoms with E-state index < -0.39 is 5.91 Å². The van der Waals surface area contributed by atoms with E-state index in [1.807, 2.05) is 26.8 Å². The third-order valence-electron chi connectivity index (χ3n) is 4.58. The van der Waals surface area contributed by atoms with Gasteiger partial charge in [-0.25, -0.2) is 4.98 Å². The molecule has 1 atom stereocenters. The van der Waals surface area contributed by atoms with Gasteiger partial charge in [0.1, 0.15) is 16.8 Å². The zero-order valence-electron chi connectivity index (χ0n) is 14.8. The molecule has 1 amide bonds. The quantitative estimate of drug-likeness (QED) is 0.712. The monoisotopic (exact) mass is 339 g/mol. The Morgan fingerprint density at radius 2 is 2.12 bits per heavy atom. The number of carbonyl (C=O) groups is 1. The Kier molecular flexibility index (Phi) is 4.16. The van der Waals surface area contributed by atoms with E-state index in [4.69, 9.17) is 5.41 Å². The maximum absolute atomic E-state index is 13.0. The molecule has 0 radical (unpaired) electrons. The van der Waals surface area contributed by atoms with Crippen molar-refractivity contribution in [3.8, 4) is 0 Å². The first kappa shape index (κ1) is 16.9. The van der Waals surface area contributed by atoms with E-state index in [-0.39, 0.29) is 22.7 Å². The lowest BCUT2D eigenvalue weighted by Gasteiger charge is -2.19. The van der Waals surface area contributed by atoms with Crippen molar-refractivity contribution < 1.29 is 4.79 Å². The van der Waals surface area contributed by atoms with Gasteiger partial charge in [-0.3, -0.25) is 19.4 Å². The Hall–Kier alpha value is -2.96. The zero-order chi connectivity index (χ0) is 18.3. The molecule has 3 heterocycles. The first-order chi connectivity index (χ1) is 11.9. The lowest BCUT2D eigenvalue weighted by molar-refractivity contribution is 0.0960. The molecule has 0 aliphatic rings. The summed E-state index contributed by atoms with van der Waals surface area (Å²) in [5.74, 6) is -0.391. The van der Waals surface area contributed by atoms with Crippen molar-refractivity contribution in [2.45, 2.75) is 33.2 Å². The number of amides is 1. The molecular weight excluding hydrogens is 318 g/mol. The van der Waals surface area contributed by atoms with Crippen LogP contribution in [0.25, 0.3) is 16.7 Å². The predicted octanol–water partition coefficient (Wildman–Crippen LogP) is 1.77. The molecule has 130 valence electrons. The molecule has 0 aliphatic heterocycles. The van der Waals surface area contributed by atoms with Crippen molar-refractivity contribution >= 4 is 22.6 Å². The molecule has 3 aromatic heterocycles. The molecule has 0 aliphatic carbocycles. The highest BCUT2D eigenvalue weighted by molar-refractivity contribution is 5.96. The number of rotatable bonds is 3. The summed E-state index contributed by atoms with van der Waals surface area (Å²) in [6.07, 6.45) is 2.41. The van der Waals surface area contributed by atoms with Crippen LogP contribution in [0, 0.1) is 12.3 Å². The first-order valence-corrected chi connectivity index (χ1v) is 8.24. The van der Waals surface area contributed by atoms with Crippen LogP contribution in [0.1, 0.15) is 42.2 Å². The van der Waals surface area contributed by atoms with Crippen LogP contribution in [0.5, 0.6) is 0 Å². The fraction of sp³-hybridized carbons (Fsp3) is 0.333. The second-order valence-electron chi connectivity index (χ2n) is 6.15. The summed E-state index contributed by atoms with van der Waals surface area (Å²) in [7, 11) is 1.51. The Morgan fingerprint density at radius 1 is 1.40 bits per heavy atom. The summed E-state index contributed by atoms with van der Waals surface area (Å²) in [5.41, 5.74) is 1.85. The lowest BCUT2D eigenvalue weighted by Crippen LogP contribution is -2.34. The Morgan fingerprint density at radius 3 is 2.76 bits per heavy atom. The predicted molar refractivity (Wildman–Crippen MR) is 95.9 cm³/mol. The summed E-state index contributed by atoms with van der Waals surface area (Å²) in [4.78, 5) is 29.9. The Bertz CT molecular complexity index is 1110. The molecule has 7 heteroatoms. The zero-order valence-corrected chi connectivity index (χ0v) is 14.8. The molecule has 1 unspecified atom stereocenters. The van der Waals surface area contributed by atoms with Gasteiger partial charge in [0.25, 0.3) is 11.5 Å². The minimum absolute atomic E-state index is 0.0611. The Labute approximate surface area is 144 Å². The summed E-state index contributed by atoms with van der Waals surface area (Å²) in [6.45, 7) is 5.84. The summed E-state index contributed by atoms with van der Waals surface area (Å²) < 4.78 is 3.16. The average molecular weight is 339 g/mol. The third-order valence-corrected chi connectivity index (χ3v) is 4.58. The molecule has 0 fully saturated rings. The van der Waals surface area contributed by atoms with Crippen LogP contribution in [0.3, 0.4) is 0 Å². The van der Waals surface area contributed by atoms with Gasteiger partial charge in [-0.15, -0.1) is 0 Å². The second kappa shape index (κ2) is 6.16.